The normalized spacial score (nSPS) is 30.8. The van der Waals surface area contributed by atoms with Crippen LogP contribution in [0.3, 0.4) is 0 Å². The molecule has 3 fully saturated rings. The summed E-state index contributed by atoms with van der Waals surface area (Å²) in [4.78, 5) is 2.55. The number of nitrogen functional groups attached to an aromatic ring is 1. The highest BCUT2D eigenvalue weighted by molar-refractivity contribution is 5.61. The summed E-state index contributed by atoms with van der Waals surface area (Å²) in [5, 5.41) is 3.68. The van der Waals surface area contributed by atoms with Crippen molar-refractivity contribution in [3.63, 3.8) is 0 Å². The van der Waals surface area contributed by atoms with Gasteiger partial charge in [-0.05, 0) is 55.4 Å². The molecule has 2 atom stereocenters. The highest BCUT2D eigenvalue weighted by Gasteiger charge is 2.33. The van der Waals surface area contributed by atoms with Crippen molar-refractivity contribution in [1.29, 1.82) is 0 Å². The van der Waals surface area contributed by atoms with Gasteiger partial charge in [0.05, 0.1) is 0 Å². The van der Waals surface area contributed by atoms with Gasteiger partial charge in [-0.2, -0.15) is 0 Å². The van der Waals surface area contributed by atoms with Crippen molar-refractivity contribution < 1.29 is 0 Å². The van der Waals surface area contributed by atoms with Gasteiger partial charge in [-0.1, -0.05) is 0 Å². The molecule has 0 spiro atoms. The molecule has 96 valence electrons. The molecule has 3 nitrogen and oxygen atoms in total. The van der Waals surface area contributed by atoms with E-state index in [9.17, 15) is 0 Å². The van der Waals surface area contributed by atoms with Crippen molar-refractivity contribution >= 4 is 11.4 Å². The summed E-state index contributed by atoms with van der Waals surface area (Å²) in [6.07, 6.45) is 5.32. The smallest absolute Gasteiger partial charge is 0.0371 e. The Labute approximate surface area is 108 Å². The summed E-state index contributed by atoms with van der Waals surface area (Å²) in [7, 11) is 0. The molecule has 0 aromatic heterocycles. The van der Waals surface area contributed by atoms with Crippen LogP contribution in [-0.4, -0.2) is 25.2 Å². The predicted molar refractivity (Wildman–Crippen MR) is 75.0 cm³/mol. The molecule has 0 radical (unpaired) electrons. The summed E-state index contributed by atoms with van der Waals surface area (Å²) in [5.74, 6) is 0.740. The summed E-state index contributed by atoms with van der Waals surface area (Å²) < 4.78 is 0. The van der Waals surface area contributed by atoms with E-state index in [1.54, 1.807) is 0 Å². The second-order valence-corrected chi connectivity index (χ2v) is 6.13. The van der Waals surface area contributed by atoms with Gasteiger partial charge < -0.3 is 16.0 Å². The largest absolute Gasteiger partial charge is 0.398 e. The maximum absolute atomic E-state index is 6.10. The van der Waals surface area contributed by atoms with E-state index in [2.05, 4.69) is 28.4 Å². The Balaban J connectivity index is 1.62. The topological polar surface area (TPSA) is 41.3 Å². The lowest BCUT2D eigenvalue weighted by Crippen LogP contribution is -2.51. The third kappa shape index (κ3) is 1.77. The lowest BCUT2D eigenvalue weighted by molar-refractivity contribution is 0.466. The predicted octanol–water partition coefficient (Wildman–Crippen LogP) is 2.09. The number of hydrogen-bond acceptors (Lipinski definition) is 3. The van der Waals surface area contributed by atoms with Gasteiger partial charge in [0, 0.05) is 36.5 Å². The fraction of sp³-hybridized carbons (Fsp3) is 0.600. The van der Waals surface area contributed by atoms with E-state index in [4.69, 9.17) is 5.73 Å². The maximum atomic E-state index is 6.10. The number of nitrogens with one attached hydrogen (secondary N) is 1. The molecule has 3 aliphatic rings. The van der Waals surface area contributed by atoms with E-state index in [0.29, 0.717) is 12.1 Å². The molecule has 1 aromatic carbocycles. The zero-order valence-corrected chi connectivity index (χ0v) is 10.7. The van der Waals surface area contributed by atoms with Crippen LogP contribution in [0.2, 0.25) is 0 Å². The first kappa shape index (κ1) is 10.7. The number of piperazine rings is 1. The number of anilines is 2. The molecule has 0 amide bonds. The van der Waals surface area contributed by atoms with Crippen LogP contribution in [0.25, 0.3) is 0 Å². The Morgan fingerprint density at radius 2 is 1.78 bits per heavy atom. The van der Waals surface area contributed by atoms with Gasteiger partial charge in [0.2, 0.25) is 0 Å². The number of rotatable bonds is 2. The number of fused-ring (bicyclic) bond motifs is 2. The van der Waals surface area contributed by atoms with E-state index >= 15 is 0 Å². The van der Waals surface area contributed by atoms with E-state index in [0.717, 1.165) is 24.7 Å². The van der Waals surface area contributed by atoms with Gasteiger partial charge in [-0.25, -0.2) is 0 Å². The molecule has 2 bridgehead atoms. The first-order valence-corrected chi connectivity index (χ1v) is 7.20. The summed E-state index contributed by atoms with van der Waals surface area (Å²) in [6.45, 7) is 2.31. The minimum absolute atomic E-state index is 0.700. The van der Waals surface area contributed by atoms with E-state index in [1.165, 1.54) is 36.9 Å². The van der Waals surface area contributed by atoms with Crippen LogP contribution in [0.5, 0.6) is 0 Å². The molecular weight excluding hydrogens is 222 g/mol. The van der Waals surface area contributed by atoms with Gasteiger partial charge in [0.15, 0.2) is 0 Å². The first-order chi connectivity index (χ1) is 8.79. The van der Waals surface area contributed by atoms with Crippen LogP contribution in [0.15, 0.2) is 18.2 Å². The van der Waals surface area contributed by atoms with Crippen molar-refractivity contribution in [2.45, 2.75) is 43.7 Å². The zero-order valence-electron chi connectivity index (χ0n) is 10.7. The van der Waals surface area contributed by atoms with Crippen molar-refractivity contribution in [3.05, 3.63) is 23.8 Å². The van der Waals surface area contributed by atoms with E-state index in [-0.39, 0.29) is 0 Å². The standard InChI is InChI=1S/C15H21N3/c16-15-6-5-13(7-14(15)10-1-2-10)18-8-11-3-4-12(9-18)17-11/h5-7,10-12,17H,1-4,8-9,16H2. The summed E-state index contributed by atoms with van der Waals surface area (Å²) in [5.41, 5.74) is 9.85. The molecular formula is C15H21N3. The quantitative estimate of drug-likeness (QED) is 0.781. The molecule has 2 saturated heterocycles. The summed E-state index contributed by atoms with van der Waals surface area (Å²) >= 11 is 0. The average Bonchev–Trinajstić information content (AvgIpc) is 3.16. The second kappa shape index (κ2) is 3.89. The van der Waals surface area contributed by atoms with Crippen LogP contribution in [0, 0.1) is 0 Å². The molecule has 2 heterocycles. The third-order valence-corrected chi connectivity index (χ3v) is 4.67. The van der Waals surface area contributed by atoms with Crippen LogP contribution >= 0.6 is 0 Å². The highest BCUT2D eigenvalue weighted by Crippen LogP contribution is 2.44. The molecule has 1 aromatic rings. The van der Waals surface area contributed by atoms with Crippen LogP contribution in [0.4, 0.5) is 11.4 Å². The SMILES string of the molecule is Nc1ccc(N2CC3CCC(C2)N3)cc1C1CC1. The minimum atomic E-state index is 0.700. The number of nitrogens with zero attached hydrogens (tertiary/aromatic N) is 1. The lowest BCUT2D eigenvalue weighted by Gasteiger charge is -2.35. The fourth-order valence-corrected chi connectivity index (χ4v) is 3.51. The molecule has 2 aliphatic heterocycles. The number of hydrogen-bond donors (Lipinski definition) is 2. The molecule has 1 saturated carbocycles. The highest BCUT2D eigenvalue weighted by atomic mass is 15.2. The second-order valence-electron chi connectivity index (χ2n) is 6.13. The van der Waals surface area contributed by atoms with E-state index < -0.39 is 0 Å². The maximum Gasteiger partial charge on any atom is 0.0371 e. The lowest BCUT2D eigenvalue weighted by atomic mass is 10.1. The molecule has 2 unspecified atom stereocenters. The molecule has 3 heteroatoms. The number of benzene rings is 1. The average molecular weight is 243 g/mol. The Morgan fingerprint density at radius 1 is 1.06 bits per heavy atom. The first-order valence-electron chi connectivity index (χ1n) is 7.20. The molecule has 3 N–H and O–H groups in total. The van der Waals surface area contributed by atoms with Crippen LogP contribution in [0.1, 0.15) is 37.2 Å². The summed E-state index contributed by atoms with van der Waals surface area (Å²) in [6, 6.07) is 8.05. The van der Waals surface area contributed by atoms with Crippen LogP contribution in [-0.2, 0) is 0 Å². The Bertz CT molecular complexity index is 455. The van der Waals surface area contributed by atoms with Gasteiger partial charge >= 0.3 is 0 Å². The Morgan fingerprint density at radius 3 is 2.44 bits per heavy atom. The third-order valence-electron chi connectivity index (χ3n) is 4.67. The van der Waals surface area contributed by atoms with Gasteiger partial charge in [0.25, 0.3) is 0 Å². The van der Waals surface area contributed by atoms with E-state index in [1.807, 2.05) is 0 Å². The zero-order chi connectivity index (χ0) is 12.1. The van der Waals surface area contributed by atoms with Gasteiger partial charge in [-0.3, -0.25) is 0 Å². The van der Waals surface area contributed by atoms with Gasteiger partial charge in [-0.15, -0.1) is 0 Å². The Hall–Kier alpha value is -1.22. The van der Waals surface area contributed by atoms with Gasteiger partial charge in [0.1, 0.15) is 0 Å². The van der Waals surface area contributed by atoms with Crippen molar-refractivity contribution in [2.24, 2.45) is 0 Å². The van der Waals surface area contributed by atoms with Crippen molar-refractivity contribution in [2.75, 3.05) is 23.7 Å². The van der Waals surface area contributed by atoms with Crippen molar-refractivity contribution in [1.82, 2.24) is 5.32 Å². The molecule has 4 rings (SSSR count). The molecule has 1 aliphatic carbocycles. The monoisotopic (exact) mass is 243 g/mol. The number of nitrogens with two attached hydrogens (primary N) is 1. The minimum Gasteiger partial charge on any atom is -0.398 e. The van der Waals surface area contributed by atoms with Crippen molar-refractivity contribution in [3.8, 4) is 0 Å². The fourth-order valence-electron chi connectivity index (χ4n) is 3.51. The van der Waals surface area contributed by atoms with Crippen LogP contribution < -0.4 is 16.0 Å². The molecule has 18 heavy (non-hydrogen) atoms. The Kier molecular flexibility index (Phi) is 2.31.